The smallest absolute Gasteiger partial charge is 0.219 e. The van der Waals surface area contributed by atoms with Crippen LogP contribution < -0.4 is 14.5 Å². The van der Waals surface area contributed by atoms with Crippen molar-refractivity contribution in [3.05, 3.63) is 59.5 Å². The van der Waals surface area contributed by atoms with Gasteiger partial charge in [-0.15, -0.1) is 0 Å². The molecule has 0 spiro atoms. The van der Waals surface area contributed by atoms with Gasteiger partial charge >= 0.3 is 0 Å². The van der Waals surface area contributed by atoms with Gasteiger partial charge < -0.3 is 19.1 Å². The number of Topliss-reactive ketones (excluding diaryl/α,β-unsaturated/α-hetero) is 1. The van der Waals surface area contributed by atoms with Gasteiger partial charge in [-0.05, 0) is 49.4 Å². The number of nitrogens with one attached hydrogen (secondary N) is 1. The van der Waals surface area contributed by atoms with Gasteiger partial charge in [-0.25, -0.2) is 4.39 Å². The molecule has 1 N–H and O–H groups in total. The molecular formula is C23H27FN3O2+. The number of benzene rings is 2. The van der Waals surface area contributed by atoms with Gasteiger partial charge in [0.25, 0.3) is 0 Å². The molecule has 2 aromatic carbocycles. The molecule has 0 unspecified atom stereocenters. The zero-order valence-corrected chi connectivity index (χ0v) is 17.2. The molecule has 1 fully saturated rings. The van der Waals surface area contributed by atoms with E-state index in [0.717, 1.165) is 59.8 Å². The molecule has 1 aromatic heterocycles. The average Bonchev–Trinajstić information content (AvgIpc) is 2.99. The zero-order valence-electron chi connectivity index (χ0n) is 17.2. The summed E-state index contributed by atoms with van der Waals surface area (Å²) in [5.74, 6) is 0.717. The Kier molecular flexibility index (Phi) is 5.28. The molecule has 0 amide bonds. The summed E-state index contributed by atoms with van der Waals surface area (Å²) in [6, 6.07) is 12.5. The van der Waals surface area contributed by atoms with Crippen LogP contribution in [-0.4, -0.2) is 50.2 Å². The second-order valence-electron chi connectivity index (χ2n) is 7.72. The van der Waals surface area contributed by atoms with Crippen LogP contribution in [0, 0.1) is 12.7 Å². The lowest BCUT2D eigenvalue weighted by atomic mass is 10.1. The lowest BCUT2D eigenvalue weighted by Crippen LogP contribution is -3.15. The standard InChI is InChI=1S/C23H26FN3O2/c1-16-23(20-14-19(29-3)8-9-21(20)25(16)2)22(28)15-26-10-12-27(13-11-26)18-6-4-17(24)5-7-18/h4-9,14H,10-13,15H2,1-3H3/p+1. The molecule has 0 aliphatic carbocycles. The second kappa shape index (κ2) is 7.87. The maximum atomic E-state index is 13.2. The second-order valence-corrected chi connectivity index (χ2v) is 7.72. The highest BCUT2D eigenvalue weighted by atomic mass is 19.1. The van der Waals surface area contributed by atoms with Crippen LogP contribution in [0.25, 0.3) is 10.9 Å². The molecule has 4 rings (SSSR count). The van der Waals surface area contributed by atoms with Crippen LogP contribution in [0.3, 0.4) is 0 Å². The van der Waals surface area contributed by atoms with Crippen LogP contribution in [0.4, 0.5) is 10.1 Å². The van der Waals surface area contributed by atoms with E-state index in [1.165, 1.54) is 17.0 Å². The predicted octanol–water partition coefficient (Wildman–Crippen LogP) is 2.22. The Bertz CT molecular complexity index is 1030. The van der Waals surface area contributed by atoms with Crippen molar-refractivity contribution in [3.63, 3.8) is 0 Å². The van der Waals surface area contributed by atoms with Crippen LogP contribution in [0.15, 0.2) is 42.5 Å². The van der Waals surface area contributed by atoms with E-state index in [0.29, 0.717) is 6.54 Å². The van der Waals surface area contributed by atoms with Crippen molar-refractivity contribution in [1.82, 2.24) is 4.57 Å². The first-order valence-electron chi connectivity index (χ1n) is 9.98. The number of quaternary nitrogens is 1. The Balaban J connectivity index is 1.48. The van der Waals surface area contributed by atoms with E-state index < -0.39 is 0 Å². The number of ether oxygens (including phenoxy) is 1. The lowest BCUT2D eigenvalue weighted by Gasteiger charge is -2.33. The molecule has 1 saturated heterocycles. The molecule has 152 valence electrons. The third kappa shape index (κ3) is 3.72. The summed E-state index contributed by atoms with van der Waals surface area (Å²) < 4.78 is 20.6. The summed E-state index contributed by atoms with van der Waals surface area (Å²) in [5, 5.41) is 0.957. The van der Waals surface area contributed by atoms with Crippen molar-refractivity contribution < 1.29 is 18.8 Å². The number of nitrogens with zero attached hydrogens (tertiary/aromatic N) is 2. The first kappa shape index (κ1) is 19.5. The summed E-state index contributed by atoms with van der Waals surface area (Å²) in [6.45, 7) is 5.97. The number of aromatic nitrogens is 1. The number of anilines is 1. The van der Waals surface area contributed by atoms with Crippen molar-refractivity contribution in [1.29, 1.82) is 0 Å². The van der Waals surface area contributed by atoms with E-state index >= 15 is 0 Å². The number of hydrogen-bond acceptors (Lipinski definition) is 3. The number of ketones is 1. The van der Waals surface area contributed by atoms with Crippen molar-refractivity contribution in [2.45, 2.75) is 6.92 Å². The topological polar surface area (TPSA) is 38.9 Å². The molecule has 1 aliphatic heterocycles. The van der Waals surface area contributed by atoms with E-state index in [-0.39, 0.29) is 11.6 Å². The van der Waals surface area contributed by atoms with Gasteiger partial charge in [0.15, 0.2) is 0 Å². The van der Waals surface area contributed by atoms with Gasteiger partial charge in [-0.3, -0.25) is 4.79 Å². The minimum Gasteiger partial charge on any atom is -0.497 e. The fourth-order valence-corrected chi connectivity index (χ4v) is 4.26. The Morgan fingerprint density at radius 1 is 1.14 bits per heavy atom. The number of piperazine rings is 1. The Morgan fingerprint density at radius 3 is 2.48 bits per heavy atom. The van der Waals surface area contributed by atoms with Crippen molar-refractivity contribution in [2.75, 3.05) is 44.7 Å². The first-order chi connectivity index (χ1) is 14.0. The molecule has 0 bridgehead atoms. The van der Waals surface area contributed by atoms with Crippen LogP contribution in [0.2, 0.25) is 0 Å². The molecule has 0 radical (unpaired) electrons. The number of halogens is 1. The highest BCUT2D eigenvalue weighted by Gasteiger charge is 2.26. The Labute approximate surface area is 170 Å². The number of methoxy groups -OCH3 is 1. The van der Waals surface area contributed by atoms with Gasteiger partial charge in [-0.2, -0.15) is 0 Å². The number of aryl methyl sites for hydroxylation is 1. The third-order valence-corrected chi connectivity index (χ3v) is 6.05. The van der Waals surface area contributed by atoms with Crippen molar-refractivity contribution in [3.8, 4) is 5.75 Å². The number of rotatable bonds is 5. The summed E-state index contributed by atoms with van der Waals surface area (Å²) in [4.78, 5) is 16.8. The van der Waals surface area contributed by atoms with E-state index in [1.54, 1.807) is 7.11 Å². The summed E-state index contributed by atoms with van der Waals surface area (Å²) in [7, 11) is 3.64. The minimum atomic E-state index is -0.217. The lowest BCUT2D eigenvalue weighted by molar-refractivity contribution is -0.892. The molecule has 1 aliphatic rings. The molecule has 2 heterocycles. The predicted molar refractivity (Wildman–Crippen MR) is 113 cm³/mol. The van der Waals surface area contributed by atoms with E-state index in [9.17, 15) is 9.18 Å². The van der Waals surface area contributed by atoms with E-state index in [4.69, 9.17) is 4.74 Å². The molecule has 29 heavy (non-hydrogen) atoms. The first-order valence-corrected chi connectivity index (χ1v) is 9.98. The van der Waals surface area contributed by atoms with E-state index in [2.05, 4.69) is 9.47 Å². The summed E-state index contributed by atoms with van der Waals surface area (Å²) >= 11 is 0. The fourth-order valence-electron chi connectivity index (χ4n) is 4.26. The van der Waals surface area contributed by atoms with Crippen LogP contribution in [0.5, 0.6) is 5.75 Å². The monoisotopic (exact) mass is 396 g/mol. The van der Waals surface area contributed by atoms with Gasteiger partial charge in [0.05, 0.1) is 38.9 Å². The largest absolute Gasteiger partial charge is 0.497 e. The van der Waals surface area contributed by atoms with Gasteiger partial charge in [-0.1, -0.05) is 0 Å². The highest BCUT2D eigenvalue weighted by Crippen LogP contribution is 2.28. The quantitative estimate of drug-likeness (QED) is 0.673. The molecule has 0 atom stereocenters. The van der Waals surface area contributed by atoms with Crippen LogP contribution in [-0.2, 0) is 7.05 Å². The molecule has 0 saturated carbocycles. The number of fused-ring (bicyclic) bond motifs is 1. The average molecular weight is 396 g/mol. The fraction of sp³-hybridized carbons (Fsp3) is 0.348. The van der Waals surface area contributed by atoms with Crippen LogP contribution >= 0.6 is 0 Å². The summed E-state index contributed by atoms with van der Waals surface area (Å²) in [5.41, 5.74) is 3.87. The molecule has 6 heteroatoms. The van der Waals surface area contributed by atoms with Crippen molar-refractivity contribution in [2.24, 2.45) is 7.05 Å². The van der Waals surface area contributed by atoms with E-state index in [1.807, 2.05) is 44.3 Å². The minimum absolute atomic E-state index is 0.173. The zero-order chi connectivity index (χ0) is 20.5. The molecule has 5 nitrogen and oxygen atoms in total. The number of hydrogen-bond donors (Lipinski definition) is 1. The SMILES string of the molecule is COc1ccc2c(c1)c(C(=O)C[NH+]1CCN(c3ccc(F)cc3)CC1)c(C)n2C. The Hall–Kier alpha value is -2.86. The van der Waals surface area contributed by atoms with Crippen LogP contribution in [0.1, 0.15) is 16.1 Å². The third-order valence-electron chi connectivity index (χ3n) is 6.05. The maximum absolute atomic E-state index is 13.2. The van der Waals surface area contributed by atoms with Gasteiger partial charge in [0, 0.05) is 29.3 Å². The summed E-state index contributed by atoms with van der Waals surface area (Å²) in [6.07, 6.45) is 0. The Morgan fingerprint density at radius 2 is 1.83 bits per heavy atom. The highest BCUT2D eigenvalue weighted by molar-refractivity contribution is 6.10. The number of carbonyl (C=O) groups excluding carboxylic acids is 1. The van der Waals surface area contributed by atoms with Gasteiger partial charge in [0.1, 0.15) is 18.1 Å². The van der Waals surface area contributed by atoms with Gasteiger partial charge in [0.2, 0.25) is 5.78 Å². The molecular weight excluding hydrogens is 369 g/mol. The number of carbonyl (C=O) groups is 1. The van der Waals surface area contributed by atoms with Crippen molar-refractivity contribution >= 4 is 22.4 Å². The maximum Gasteiger partial charge on any atom is 0.219 e. The molecule has 3 aromatic rings. The normalized spacial score (nSPS) is 15.1.